The molecular formula is C38H41FN6O2. The fraction of sp³-hybridized carbons (Fsp3) is 0.474. The van der Waals surface area contributed by atoms with Crippen molar-refractivity contribution in [3.05, 3.63) is 53.8 Å². The summed E-state index contributed by atoms with van der Waals surface area (Å²) in [5.41, 5.74) is 1.83. The molecular weight excluding hydrogens is 591 g/mol. The van der Waals surface area contributed by atoms with Gasteiger partial charge in [-0.1, -0.05) is 24.1 Å². The number of likely N-dealkylation sites (N-methyl/N-ethyl adjacent to an activating group) is 1. The second-order valence-electron chi connectivity index (χ2n) is 14.8. The number of benzene rings is 3. The summed E-state index contributed by atoms with van der Waals surface area (Å²) in [6, 6.07) is 14.8. The molecule has 5 heterocycles. The van der Waals surface area contributed by atoms with Crippen LogP contribution in [0.1, 0.15) is 44.1 Å². The van der Waals surface area contributed by atoms with Crippen LogP contribution in [0.4, 0.5) is 10.2 Å². The Morgan fingerprint density at radius 2 is 1.77 bits per heavy atom. The van der Waals surface area contributed by atoms with E-state index in [1.165, 1.54) is 12.8 Å². The number of fused-ring (bicyclic) bond motifs is 6. The van der Waals surface area contributed by atoms with Crippen molar-refractivity contribution in [3.8, 4) is 35.2 Å². The molecule has 242 valence electrons. The molecule has 4 unspecified atom stereocenters. The summed E-state index contributed by atoms with van der Waals surface area (Å²) < 4.78 is 23.4. The number of aromatic hydroxyl groups is 1. The fourth-order valence-electron chi connectivity index (χ4n) is 8.90. The Hall–Kier alpha value is -3.97. The van der Waals surface area contributed by atoms with Gasteiger partial charge in [0.05, 0.1) is 6.61 Å². The number of rotatable bonds is 7. The van der Waals surface area contributed by atoms with Crippen LogP contribution in [0, 0.1) is 23.6 Å². The average molecular weight is 633 g/mol. The maximum absolute atomic E-state index is 16.9. The smallest absolute Gasteiger partial charge is 0.319 e. The molecule has 4 bridgehead atoms. The number of hydrogen-bond donors (Lipinski definition) is 2. The molecule has 4 aliphatic heterocycles. The van der Waals surface area contributed by atoms with Crippen LogP contribution in [0.3, 0.4) is 0 Å². The molecule has 3 aromatic carbocycles. The van der Waals surface area contributed by atoms with Gasteiger partial charge in [0.1, 0.15) is 17.1 Å². The minimum atomic E-state index is -0.470. The lowest BCUT2D eigenvalue weighted by atomic mass is 9.93. The molecule has 4 saturated heterocycles. The summed E-state index contributed by atoms with van der Waals surface area (Å²) in [5.74, 6) is 3.04. The molecule has 5 fully saturated rings. The van der Waals surface area contributed by atoms with Gasteiger partial charge in [-0.15, -0.1) is 6.42 Å². The molecule has 5 aliphatic rings. The van der Waals surface area contributed by atoms with Crippen molar-refractivity contribution in [2.75, 3.05) is 51.3 Å². The van der Waals surface area contributed by atoms with Crippen LogP contribution < -0.4 is 15.0 Å². The lowest BCUT2D eigenvalue weighted by Gasteiger charge is -2.40. The van der Waals surface area contributed by atoms with Crippen molar-refractivity contribution in [1.82, 2.24) is 25.1 Å². The summed E-state index contributed by atoms with van der Waals surface area (Å²) >= 11 is 0. The minimum absolute atomic E-state index is 0.0490. The summed E-state index contributed by atoms with van der Waals surface area (Å²) in [5, 5.41) is 16.5. The van der Waals surface area contributed by atoms with Gasteiger partial charge in [0.25, 0.3) is 0 Å². The molecule has 1 aromatic heterocycles. The Morgan fingerprint density at radius 1 is 1.00 bits per heavy atom. The number of nitrogens with zero attached hydrogens (tertiary/aromatic N) is 5. The Kier molecular flexibility index (Phi) is 6.86. The van der Waals surface area contributed by atoms with Gasteiger partial charge in [0.15, 0.2) is 5.82 Å². The van der Waals surface area contributed by atoms with E-state index < -0.39 is 5.82 Å². The zero-order valence-corrected chi connectivity index (χ0v) is 26.9. The van der Waals surface area contributed by atoms with Crippen LogP contribution in [0.15, 0.2) is 42.5 Å². The first-order valence-corrected chi connectivity index (χ1v) is 17.2. The zero-order valence-electron chi connectivity index (χ0n) is 26.9. The Bertz CT molecular complexity index is 1910. The molecule has 9 rings (SSSR count). The lowest BCUT2D eigenvalue weighted by molar-refractivity contribution is 0.0628. The highest BCUT2D eigenvalue weighted by Gasteiger charge is 2.48. The van der Waals surface area contributed by atoms with Gasteiger partial charge in [0, 0.05) is 84.2 Å². The van der Waals surface area contributed by atoms with Crippen LogP contribution in [-0.4, -0.2) is 95.4 Å². The van der Waals surface area contributed by atoms with Crippen molar-refractivity contribution in [2.45, 2.75) is 62.7 Å². The number of anilines is 1. The second-order valence-corrected chi connectivity index (χ2v) is 14.8. The van der Waals surface area contributed by atoms with Crippen molar-refractivity contribution < 1.29 is 14.2 Å². The van der Waals surface area contributed by atoms with Crippen LogP contribution in [0.25, 0.3) is 32.8 Å². The molecule has 4 atom stereocenters. The molecule has 1 aliphatic carbocycles. The predicted molar refractivity (Wildman–Crippen MR) is 182 cm³/mol. The average Bonchev–Trinajstić information content (AvgIpc) is 3.71. The number of phenolic OH excluding ortho intramolecular Hbond substituents is 1. The van der Waals surface area contributed by atoms with Crippen molar-refractivity contribution in [3.63, 3.8) is 0 Å². The normalized spacial score (nSPS) is 26.6. The molecule has 1 saturated carbocycles. The van der Waals surface area contributed by atoms with E-state index in [0.29, 0.717) is 52.9 Å². The van der Waals surface area contributed by atoms with Gasteiger partial charge < -0.3 is 20.1 Å². The highest BCUT2D eigenvalue weighted by atomic mass is 19.1. The number of hydrogen-bond acceptors (Lipinski definition) is 8. The molecule has 9 heteroatoms. The SMILES string of the molecule is C#Cc1cccc2cc(O)cc(-c3ccc4c(N5CC6CCC(C5)N6)nc(OCC5(CN6CC7CCC(C6)N7C)CC5)nc4c3F)c12. The molecule has 0 amide bonds. The van der Waals surface area contributed by atoms with Crippen LogP contribution in [0.5, 0.6) is 11.8 Å². The van der Waals surface area contributed by atoms with E-state index in [4.69, 9.17) is 21.1 Å². The van der Waals surface area contributed by atoms with E-state index in [-0.39, 0.29) is 22.7 Å². The van der Waals surface area contributed by atoms with Crippen molar-refractivity contribution in [1.29, 1.82) is 0 Å². The van der Waals surface area contributed by atoms with Gasteiger partial charge in [-0.05, 0) is 80.8 Å². The fourth-order valence-corrected chi connectivity index (χ4v) is 8.90. The number of piperazine rings is 2. The van der Waals surface area contributed by atoms with Gasteiger partial charge in [0.2, 0.25) is 0 Å². The maximum Gasteiger partial charge on any atom is 0.319 e. The number of aromatic nitrogens is 2. The minimum Gasteiger partial charge on any atom is -0.508 e. The Labute approximate surface area is 274 Å². The lowest BCUT2D eigenvalue weighted by Crippen LogP contribution is -2.53. The molecule has 8 nitrogen and oxygen atoms in total. The number of likely N-dealkylation sites (tertiary alicyclic amines) is 1. The number of terminal acetylenes is 1. The van der Waals surface area contributed by atoms with Crippen molar-refractivity contribution >= 4 is 27.5 Å². The molecule has 0 radical (unpaired) electrons. The molecule has 4 aromatic rings. The van der Waals surface area contributed by atoms with E-state index in [1.54, 1.807) is 18.2 Å². The third-order valence-corrected chi connectivity index (χ3v) is 11.6. The number of nitrogens with one attached hydrogen (secondary N) is 1. The quantitative estimate of drug-likeness (QED) is 0.271. The van der Waals surface area contributed by atoms with Gasteiger partial charge in [-0.3, -0.25) is 9.80 Å². The van der Waals surface area contributed by atoms with Gasteiger partial charge in [-0.2, -0.15) is 9.97 Å². The number of ether oxygens (including phenoxy) is 1. The standard InChI is InChI=1S/C38H41FN6O2/c1-3-23-5-4-6-24-15-29(46)16-32(33(23)24)30-11-12-31-35(34(30)39)41-37(42-36(31)45-17-25-7-8-26(18-45)40-25)47-22-38(13-14-38)21-44-19-27-9-10-28(20-44)43(27)2/h1,4-6,11-12,15-16,25-28,40,46H,7-10,13-14,17-22H2,2H3. The monoisotopic (exact) mass is 632 g/mol. The predicted octanol–water partition coefficient (Wildman–Crippen LogP) is 5.15. The third-order valence-electron chi connectivity index (χ3n) is 11.6. The topological polar surface area (TPSA) is 77.0 Å². The molecule has 0 spiro atoms. The Morgan fingerprint density at radius 3 is 2.49 bits per heavy atom. The highest BCUT2D eigenvalue weighted by Crippen LogP contribution is 2.48. The van der Waals surface area contributed by atoms with Crippen molar-refractivity contribution in [2.24, 2.45) is 5.41 Å². The first-order chi connectivity index (χ1) is 22.9. The van der Waals surface area contributed by atoms with E-state index >= 15 is 4.39 Å². The maximum atomic E-state index is 16.9. The third kappa shape index (κ3) is 5.09. The van der Waals surface area contributed by atoms with Crippen LogP contribution in [0.2, 0.25) is 0 Å². The highest BCUT2D eigenvalue weighted by molar-refractivity contribution is 6.04. The summed E-state index contributed by atoms with van der Waals surface area (Å²) in [6.45, 7) is 5.41. The summed E-state index contributed by atoms with van der Waals surface area (Å²) in [4.78, 5) is 17.2. The largest absolute Gasteiger partial charge is 0.508 e. The van der Waals surface area contributed by atoms with E-state index in [0.717, 1.165) is 75.0 Å². The van der Waals surface area contributed by atoms with Gasteiger partial charge >= 0.3 is 6.01 Å². The van der Waals surface area contributed by atoms with E-state index in [2.05, 4.69) is 33.0 Å². The Balaban J connectivity index is 1.09. The van der Waals surface area contributed by atoms with E-state index in [1.807, 2.05) is 24.3 Å². The number of phenols is 1. The summed E-state index contributed by atoms with van der Waals surface area (Å²) in [6.07, 6.45) is 13.0. The number of halogens is 1. The van der Waals surface area contributed by atoms with E-state index in [9.17, 15) is 5.11 Å². The summed E-state index contributed by atoms with van der Waals surface area (Å²) in [7, 11) is 2.27. The zero-order chi connectivity index (χ0) is 31.9. The van der Waals surface area contributed by atoms with Crippen LogP contribution in [-0.2, 0) is 0 Å². The van der Waals surface area contributed by atoms with Gasteiger partial charge in [-0.25, -0.2) is 4.39 Å². The molecule has 47 heavy (non-hydrogen) atoms. The van der Waals surface area contributed by atoms with Crippen LogP contribution >= 0.6 is 0 Å². The first-order valence-electron chi connectivity index (χ1n) is 17.2. The first kappa shape index (κ1) is 29.2. The molecule has 2 N–H and O–H groups in total. The second kappa shape index (κ2) is 11.0.